The fraction of sp³-hybridized carbons (Fsp3) is 0.409. The highest BCUT2D eigenvalue weighted by Crippen LogP contribution is 2.25. The molecule has 170 valence electrons. The van der Waals surface area contributed by atoms with Gasteiger partial charge in [0.15, 0.2) is 16.7 Å². The van der Waals surface area contributed by atoms with Gasteiger partial charge < -0.3 is 14.1 Å². The first-order chi connectivity index (χ1) is 15.7. The Balaban J connectivity index is 1.21. The smallest absolute Gasteiger partial charge is 0.233 e. The maximum atomic E-state index is 12.7. The quantitative estimate of drug-likeness (QED) is 0.438. The summed E-state index contributed by atoms with van der Waals surface area (Å²) in [5, 5.41) is 9.83. The molecule has 0 atom stereocenters. The van der Waals surface area contributed by atoms with Crippen LogP contribution in [0.3, 0.4) is 0 Å². The number of thioether (sulfide) groups is 1. The number of benzene rings is 1. The van der Waals surface area contributed by atoms with E-state index in [1.807, 2.05) is 52.8 Å². The molecule has 1 aliphatic rings. The van der Waals surface area contributed by atoms with Gasteiger partial charge in [0.1, 0.15) is 12.4 Å². The second-order valence-corrected chi connectivity index (χ2v) is 8.67. The van der Waals surface area contributed by atoms with Crippen LogP contribution in [0.1, 0.15) is 6.92 Å². The second kappa shape index (κ2) is 10.9. The Labute approximate surface area is 196 Å². The highest BCUT2D eigenvalue weighted by atomic mass is 35.5. The van der Waals surface area contributed by atoms with Crippen LogP contribution in [0, 0.1) is 0 Å². The fourth-order valence-electron chi connectivity index (χ4n) is 3.55. The van der Waals surface area contributed by atoms with E-state index in [1.165, 1.54) is 11.8 Å². The zero-order valence-electron chi connectivity index (χ0n) is 17.9. The Morgan fingerprint density at radius 3 is 2.69 bits per heavy atom. The second-order valence-electron chi connectivity index (χ2n) is 7.32. The molecule has 0 saturated carbocycles. The summed E-state index contributed by atoms with van der Waals surface area (Å²) in [4.78, 5) is 16.9. The monoisotopic (exact) mass is 475 g/mol. The van der Waals surface area contributed by atoms with Crippen molar-refractivity contribution in [3.05, 3.63) is 47.7 Å². The topological polar surface area (TPSA) is 76.6 Å². The van der Waals surface area contributed by atoms with Crippen molar-refractivity contribution in [3.8, 4) is 17.3 Å². The summed E-state index contributed by atoms with van der Waals surface area (Å²) in [7, 11) is 0. The average molecular weight is 476 g/mol. The third kappa shape index (κ3) is 5.46. The summed E-state index contributed by atoms with van der Waals surface area (Å²) < 4.78 is 13.2. The number of piperazine rings is 1. The summed E-state index contributed by atoms with van der Waals surface area (Å²) in [6.45, 7) is 7.18. The molecule has 32 heavy (non-hydrogen) atoms. The lowest BCUT2D eigenvalue weighted by molar-refractivity contribution is -0.130. The summed E-state index contributed by atoms with van der Waals surface area (Å²) >= 11 is 7.54. The SMILES string of the molecule is CCn1c(SCC(=O)N2CCN(CCOc3ccccc3Cl)CC2)nnc1-c1ccco1. The first kappa shape index (κ1) is 22.7. The lowest BCUT2D eigenvalue weighted by Crippen LogP contribution is -2.50. The third-order valence-corrected chi connectivity index (χ3v) is 6.59. The molecular formula is C22H26ClN5O3S. The number of carbonyl (C=O) groups excluding carboxylic acids is 1. The third-order valence-electron chi connectivity index (χ3n) is 5.33. The first-order valence-corrected chi connectivity index (χ1v) is 12.0. The summed E-state index contributed by atoms with van der Waals surface area (Å²) in [6, 6.07) is 11.2. The van der Waals surface area contributed by atoms with E-state index in [1.54, 1.807) is 6.26 Å². The van der Waals surface area contributed by atoms with Crippen molar-refractivity contribution >= 4 is 29.3 Å². The number of carbonyl (C=O) groups is 1. The van der Waals surface area contributed by atoms with Crippen molar-refractivity contribution < 1.29 is 13.9 Å². The van der Waals surface area contributed by atoms with E-state index in [-0.39, 0.29) is 5.91 Å². The van der Waals surface area contributed by atoms with Crippen LogP contribution in [0.15, 0.2) is 52.2 Å². The highest BCUT2D eigenvalue weighted by molar-refractivity contribution is 7.99. The lowest BCUT2D eigenvalue weighted by Gasteiger charge is -2.34. The number of amides is 1. The molecule has 1 aliphatic heterocycles. The number of ether oxygens (including phenoxy) is 1. The number of hydrogen-bond acceptors (Lipinski definition) is 7. The number of aromatic nitrogens is 3. The molecule has 4 rings (SSSR count). The molecule has 1 amide bonds. The van der Waals surface area contributed by atoms with Gasteiger partial charge >= 0.3 is 0 Å². The van der Waals surface area contributed by atoms with Crippen LogP contribution in [0.5, 0.6) is 5.75 Å². The minimum absolute atomic E-state index is 0.118. The van der Waals surface area contributed by atoms with Gasteiger partial charge in [-0.1, -0.05) is 35.5 Å². The largest absolute Gasteiger partial charge is 0.491 e. The van der Waals surface area contributed by atoms with Crippen LogP contribution < -0.4 is 4.74 Å². The van der Waals surface area contributed by atoms with Gasteiger partial charge in [-0.05, 0) is 31.2 Å². The van der Waals surface area contributed by atoms with E-state index in [0.717, 1.165) is 24.8 Å². The Kier molecular flexibility index (Phi) is 7.72. The van der Waals surface area contributed by atoms with Crippen molar-refractivity contribution in [1.29, 1.82) is 0 Å². The molecule has 8 nitrogen and oxygen atoms in total. The van der Waals surface area contributed by atoms with Gasteiger partial charge in [0.05, 0.1) is 17.0 Å². The lowest BCUT2D eigenvalue weighted by atomic mass is 10.3. The molecule has 3 heterocycles. The predicted molar refractivity (Wildman–Crippen MR) is 124 cm³/mol. The van der Waals surface area contributed by atoms with Crippen LogP contribution in [-0.4, -0.2) is 75.6 Å². The molecule has 0 bridgehead atoms. The van der Waals surface area contributed by atoms with Crippen LogP contribution in [0.2, 0.25) is 5.02 Å². The van der Waals surface area contributed by atoms with Crippen LogP contribution in [0.25, 0.3) is 11.6 Å². The fourth-order valence-corrected chi connectivity index (χ4v) is 4.65. The molecule has 3 aromatic rings. The van der Waals surface area contributed by atoms with E-state index in [0.29, 0.717) is 54.4 Å². The zero-order chi connectivity index (χ0) is 22.3. The molecule has 0 spiro atoms. The number of furan rings is 1. The normalized spacial score (nSPS) is 14.6. The minimum Gasteiger partial charge on any atom is -0.491 e. The number of hydrogen-bond donors (Lipinski definition) is 0. The molecule has 1 saturated heterocycles. The van der Waals surface area contributed by atoms with Crippen LogP contribution in [0.4, 0.5) is 0 Å². The Bertz CT molecular complexity index is 1020. The minimum atomic E-state index is 0.118. The van der Waals surface area contributed by atoms with Crippen molar-refractivity contribution in [2.75, 3.05) is 45.1 Å². The van der Waals surface area contributed by atoms with Crippen LogP contribution in [-0.2, 0) is 11.3 Å². The average Bonchev–Trinajstić information content (AvgIpc) is 3.48. The van der Waals surface area contributed by atoms with E-state index in [2.05, 4.69) is 15.1 Å². The molecule has 10 heteroatoms. The standard InChI is InChI=1S/C22H26ClN5O3S/c1-2-28-21(19-8-5-14-30-19)24-25-22(28)32-16-20(29)27-11-9-26(10-12-27)13-15-31-18-7-4-3-6-17(18)23/h3-8,14H,2,9-13,15-16H2,1H3. The van der Waals surface area contributed by atoms with Crippen molar-refractivity contribution in [2.24, 2.45) is 0 Å². The summed E-state index contributed by atoms with van der Waals surface area (Å²) in [6.07, 6.45) is 1.61. The summed E-state index contributed by atoms with van der Waals surface area (Å²) in [5.41, 5.74) is 0. The van der Waals surface area contributed by atoms with E-state index in [4.69, 9.17) is 20.8 Å². The van der Waals surface area contributed by atoms with Gasteiger partial charge in [-0.2, -0.15) is 0 Å². The molecule has 0 N–H and O–H groups in total. The number of halogens is 1. The molecule has 0 aliphatic carbocycles. The molecule has 0 radical (unpaired) electrons. The predicted octanol–water partition coefficient (Wildman–Crippen LogP) is 3.53. The Morgan fingerprint density at radius 1 is 1.16 bits per heavy atom. The highest BCUT2D eigenvalue weighted by Gasteiger charge is 2.22. The zero-order valence-corrected chi connectivity index (χ0v) is 19.5. The molecule has 1 fully saturated rings. The molecular weight excluding hydrogens is 450 g/mol. The van der Waals surface area contributed by atoms with Crippen molar-refractivity contribution in [2.45, 2.75) is 18.6 Å². The van der Waals surface area contributed by atoms with Gasteiger partial charge in [-0.3, -0.25) is 14.3 Å². The molecule has 1 aromatic carbocycles. The van der Waals surface area contributed by atoms with Gasteiger partial charge in [0, 0.05) is 39.3 Å². The first-order valence-electron chi connectivity index (χ1n) is 10.6. The van der Waals surface area contributed by atoms with E-state index < -0.39 is 0 Å². The van der Waals surface area contributed by atoms with Gasteiger partial charge in [-0.15, -0.1) is 10.2 Å². The summed E-state index contributed by atoms with van der Waals surface area (Å²) in [5.74, 6) is 2.51. The van der Waals surface area contributed by atoms with E-state index >= 15 is 0 Å². The van der Waals surface area contributed by atoms with E-state index in [9.17, 15) is 4.79 Å². The van der Waals surface area contributed by atoms with Gasteiger partial charge in [0.25, 0.3) is 0 Å². The Hall–Kier alpha value is -2.49. The number of rotatable bonds is 9. The van der Waals surface area contributed by atoms with Crippen molar-refractivity contribution in [3.63, 3.8) is 0 Å². The Morgan fingerprint density at radius 2 is 1.97 bits per heavy atom. The molecule has 0 unspecified atom stereocenters. The molecule has 2 aromatic heterocycles. The number of nitrogens with zero attached hydrogens (tertiary/aromatic N) is 5. The van der Waals surface area contributed by atoms with Gasteiger partial charge in [-0.25, -0.2) is 0 Å². The van der Waals surface area contributed by atoms with Crippen molar-refractivity contribution in [1.82, 2.24) is 24.6 Å². The van der Waals surface area contributed by atoms with Gasteiger partial charge in [0.2, 0.25) is 5.91 Å². The number of para-hydroxylation sites is 1. The van der Waals surface area contributed by atoms with Crippen LogP contribution >= 0.6 is 23.4 Å². The maximum absolute atomic E-state index is 12.7. The maximum Gasteiger partial charge on any atom is 0.233 e.